The van der Waals surface area contributed by atoms with Crippen molar-refractivity contribution in [3.05, 3.63) is 29.8 Å². The zero-order valence-electron chi connectivity index (χ0n) is 47.8. The van der Waals surface area contributed by atoms with Crippen LogP contribution in [0.25, 0.3) is 0 Å². The van der Waals surface area contributed by atoms with Crippen molar-refractivity contribution in [2.45, 2.75) is 195 Å². The number of aliphatic hydroxyl groups is 1. The summed E-state index contributed by atoms with van der Waals surface area (Å²) in [6, 6.07) is -1.80. The molecular formula is C56H87N7O14. The molecule has 0 radical (unpaired) electrons. The Labute approximate surface area is 454 Å². The minimum atomic E-state index is -1.73. The number of methoxy groups -OCH3 is 1. The first kappa shape index (κ1) is 63.4. The Balaban J connectivity index is 1.89. The lowest BCUT2D eigenvalue weighted by Gasteiger charge is -2.36. The second-order valence-electron chi connectivity index (χ2n) is 22.5. The van der Waals surface area contributed by atoms with Crippen LogP contribution in [0, 0.1) is 29.6 Å². The number of hydrogen-bond acceptors (Lipinski definition) is 14. The Bertz CT molecular complexity index is 2270. The number of cyclic esters (lactones) is 2. The fourth-order valence-electron chi connectivity index (χ4n) is 10.4. The third-order valence-corrected chi connectivity index (χ3v) is 15.2. The number of esters is 2. The summed E-state index contributed by atoms with van der Waals surface area (Å²) < 4.78 is 17.2. The summed E-state index contributed by atoms with van der Waals surface area (Å²) in [6.07, 6.45) is -3.19. The number of aliphatic hydroxyl groups excluding tert-OH is 1. The molecular weight excluding hydrogens is 995 g/mol. The minimum absolute atomic E-state index is 0.114. The lowest BCUT2D eigenvalue weighted by atomic mass is 9.91. The average Bonchev–Trinajstić information content (AvgIpc) is 4.09. The van der Waals surface area contributed by atoms with Crippen molar-refractivity contribution in [3.63, 3.8) is 0 Å². The van der Waals surface area contributed by atoms with E-state index in [-0.39, 0.29) is 50.0 Å². The molecule has 3 fully saturated rings. The van der Waals surface area contributed by atoms with Gasteiger partial charge in [-0.3, -0.25) is 43.2 Å². The predicted octanol–water partition coefficient (Wildman–Crippen LogP) is 2.96. The summed E-state index contributed by atoms with van der Waals surface area (Å²) in [5.41, 5.74) is 0.584. The van der Waals surface area contributed by atoms with Crippen LogP contribution in [0.1, 0.15) is 133 Å². The molecule has 1 aromatic carbocycles. The van der Waals surface area contributed by atoms with Crippen LogP contribution in [0.15, 0.2) is 24.3 Å². The number of nitrogens with zero attached hydrogens (tertiary/aromatic N) is 4. The zero-order valence-corrected chi connectivity index (χ0v) is 47.8. The number of amides is 7. The minimum Gasteiger partial charge on any atom is -0.497 e. The quantitative estimate of drug-likeness (QED) is 0.154. The lowest BCUT2D eigenvalue weighted by molar-refractivity contribution is -0.163. The van der Waals surface area contributed by atoms with E-state index in [9.17, 15) is 53.1 Å². The number of likely N-dealkylation sites (N-methyl/N-ethyl adjacent to an activating group) is 2. The second-order valence-corrected chi connectivity index (χ2v) is 22.5. The Morgan fingerprint density at radius 2 is 1.51 bits per heavy atom. The monoisotopic (exact) mass is 1080 g/mol. The first-order valence-corrected chi connectivity index (χ1v) is 27.4. The summed E-state index contributed by atoms with van der Waals surface area (Å²) in [7, 11) is 4.36. The van der Waals surface area contributed by atoms with Crippen molar-refractivity contribution in [1.82, 2.24) is 35.6 Å². The standard InChI is InChI=1S/C56H87N7O14/c1-15-33(8)46-44(65)29-45(66)77-49(32(6)7)48(67)34(9)50(68)57-39(26-30(2)3)53(71)63-25-17-19-41(63)55(73)61(13)43(28-37-20-22-38(75-14)23-21-37)56(74)76-35(10)47(52(70)58-46)59-51(69)42(27-31(4)5)60(12)54(72)40-18-16-24-62(40)36(11)64/h20-23,30-35,39-44,46-47,49,65H,15-19,24-29H2,1-14H3,(H,57,68)(H,58,70)(H,59,69)/t33-,34-,35+,39-,40-,41-,42+,43-,44-,46-,47+,49-/m0/s1. The molecule has 3 heterocycles. The number of fused-ring (bicyclic) bond motifs is 1. The van der Waals surface area contributed by atoms with E-state index in [0.717, 1.165) is 0 Å². The number of likely N-dealkylation sites (tertiary alicyclic amines) is 1. The van der Waals surface area contributed by atoms with Crippen LogP contribution in [0.4, 0.5) is 0 Å². The molecule has 1 aromatic rings. The van der Waals surface area contributed by atoms with Gasteiger partial charge in [0.15, 0.2) is 11.9 Å². The van der Waals surface area contributed by atoms with Gasteiger partial charge >= 0.3 is 11.9 Å². The molecule has 21 heteroatoms. The van der Waals surface area contributed by atoms with Gasteiger partial charge in [0.1, 0.15) is 48.1 Å². The SMILES string of the molecule is CC[C@H](C)[C@@H]1NC(=O)[C@H](NC(=O)[C@@H](CC(C)C)N(C)C(=O)[C@@H]2CCCN2C(C)=O)[C@@H](C)OC(=O)[C@H](Cc2ccc(OC)cc2)N(C)C(=O)[C@@H]2CCCN2C(=O)[C@H](CC(C)C)NC(=O)[C@@H](C)C(=O)[C@H](C(C)C)OC(=O)C[C@@H]1O. The van der Waals surface area contributed by atoms with Gasteiger partial charge in [-0.25, -0.2) is 4.79 Å². The van der Waals surface area contributed by atoms with Crippen LogP contribution in [0.3, 0.4) is 0 Å². The van der Waals surface area contributed by atoms with E-state index in [2.05, 4.69) is 16.0 Å². The van der Waals surface area contributed by atoms with Gasteiger partial charge in [-0.05, 0) is 93.7 Å². The Hall–Kier alpha value is -6.12. The van der Waals surface area contributed by atoms with Gasteiger partial charge in [0.25, 0.3) is 0 Å². The van der Waals surface area contributed by atoms with Crippen LogP contribution in [0.2, 0.25) is 0 Å². The lowest BCUT2D eigenvalue weighted by Crippen LogP contribution is -2.62. The highest BCUT2D eigenvalue weighted by atomic mass is 16.6. The molecule has 3 aliphatic rings. The summed E-state index contributed by atoms with van der Waals surface area (Å²) in [4.78, 5) is 148. The summed E-state index contributed by atoms with van der Waals surface area (Å²) in [5, 5.41) is 20.1. The van der Waals surface area contributed by atoms with E-state index >= 15 is 0 Å². The average molecular weight is 1080 g/mol. The van der Waals surface area contributed by atoms with Crippen molar-refractivity contribution in [2.24, 2.45) is 29.6 Å². The molecule has 0 spiro atoms. The Kier molecular flexibility index (Phi) is 23.5. The molecule has 21 nitrogen and oxygen atoms in total. The molecule has 4 rings (SSSR count). The van der Waals surface area contributed by atoms with Crippen molar-refractivity contribution >= 4 is 59.1 Å². The predicted molar refractivity (Wildman–Crippen MR) is 284 cm³/mol. The molecule has 7 amide bonds. The van der Waals surface area contributed by atoms with Crippen molar-refractivity contribution in [2.75, 3.05) is 34.3 Å². The number of rotatable bonds is 14. The van der Waals surface area contributed by atoms with Crippen LogP contribution in [-0.2, 0) is 63.8 Å². The number of nitrogens with one attached hydrogen (secondary N) is 3. The number of ether oxygens (including phenoxy) is 3. The second kappa shape index (κ2) is 28.5. The van der Waals surface area contributed by atoms with Gasteiger partial charge in [0.2, 0.25) is 41.4 Å². The summed E-state index contributed by atoms with van der Waals surface area (Å²) in [5.74, 6) is -9.56. The smallest absolute Gasteiger partial charge is 0.329 e. The molecule has 0 saturated carbocycles. The molecule has 0 bridgehead atoms. The number of benzene rings is 1. The van der Waals surface area contributed by atoms with Gasteiger partial charge < -0.3 is 54.9 Å². The van der Waals surface area contributed by atoms with E-state index in [4.69, 9.17) is 14.2 Å². The largest absolute Gasteiger partial charge is 0.497 e. The summed E-state index contributed by atoms with van der Waals surface area (Å²) in [6.45, 7) is 18.8. The van der Waals surface area contributed by atoms with E-state index in [0.29, 0.717) is 43.5 Å². The fourth-order valence-corrected chi connectivity index (χ4v) is 10.4. The van der Waals surface area contributed by atoms with Crippen LogP contribution < -0.4 is 20.7 Å². The fraction of sp³-hybridized carbons (Fsp3) is 0.714. The highest BCUT2D eigenvalue weighted by Crippen LogP contribution is 2.27. The highest BCUT2D eigenvalue weighted by molar-refractivity contribution is 6.05. The van der Waals surface area contributed by atoms with Gasteiger partial charge in [0.05, 0.1) is 31.6 Å². The van der Waals surface area contributed by atoms with Crippen molar-refractivity contribution in [1.29, 1.82) is 0 Å². The molecule has 3 aliphatic heterocycles. The number of hydrogen-bond donors (Lipinski definition) is 4. The molecule has 4 N–H and O–H groups in total. The number of ketones is 1. The van der Waals surface area contributed by atoms with Gasteiger partial charge in [-0.2, -0.15) is 0 Å². The highest BCUT2D eigenvalue weighted by Gasteiger charge is 2.45. The molecule has 0 aliphatic carbocycles. The van der Waals surface area contributed by atoms with E-state index in [1.165, 1.54) is 61.6 Å². The number of carbonyl (C=O) groups excluding carboxylic acids is 10. The molecule has 3 saturated heterocycles. The van der Waals surface area contributed by atoms with E-state index < -0.39 is 138 Å². The number of Topliss-reactive ketones (excluding diaryl/α,β-unsaturated/α-hetero) is 1. The van der Waals surface area contributed by atoms with E-state index in [1.54, 1.807) is 52.0 Å². The van der Waals surface area contributed by atoms with Gasteiger partial charge in [-0.15, -0.1) is 0 Å². The molecule has 77 heavy (non-hydrogen) atoms. The first-order chi connectivity index (χ1) is 36.1. The topological polar surface area (TPSA) is 268 Å². The van der Waals surface area contributed by atoms with E-state index in [1.807, 2.05) is 27.7 Å². The third-order valence-electron chi connectivity index (χ3n) is 15.2. The maximum Gasteiger partial charge on any atom is 0.329 e. The maximum absolute atomic E-state index is 15.0. The number of carbonyl (C=O) groups is 10. The van der Waals surface area contributed by atoms with Gasteiger partial charge in [0, 0.05) is 40.5 Å². The molecule has 0 unspecified atom stereocenters. The third kappa shape index (κ3) is 16.5. The van der Waals surface area contributed by atoms with Crippen LogP contribution >= 0.6 is 0 Å². The van der Waals surface area contributed by atoms with Gasteiger partial charge in [-0.1, -0.05) is 73.9 Å². The van der Waals surface area contributed by atoms with Crippen molar-refractivity contribution < 1.29 is 67.3 Å². The first-order valence-electron chi connectivity index (χ1n) is 27.4. The van der Waals surface area contributed by atoms with Crippen molar-refractivity contribution in [3.8, 4) is 5.75 Å². The maximum atomic E-state index is 15.0. The van der Waals surface area contributed by atoms with Crippen LogP contribution in [0.5, 0.6) is 5.75 Å². The van der Waals surface area contributed by atoms with Crippen LogP contribution in [-0.4, -0.2) is 179 Å². The Morgan fingerprint density at radius 3 is 2.08 bits per heavy atom. The zero-order chi connectivity index (χ0) is 57.7. The Morgan fingerprint density at radius 1 is 0.870 bits per heavy atom. The molecule has 12 atom stereocenters. The normalized spacial score (nSPS) is 27.7. The molecule has 430 valence electrons. The summed E-state index contributed by atoms with van der Waals surface area (Å²) >= 11 is 0. The molecule has 0 aromatic heterocycles.